The number of carbonyl (C=O) groups excluding carboxylic acids is 2. The van der Waals surface area contributed by atoms with Gasteiger partial charge >= 0.3 is 0 Å². The molecule has 0 aliphatic heterocycles. The molecule has 34 heavy (non-hydrogen) atoms. The van der Waals surface area contributed by atoms with Crippen LogP contribution < -0.4 is 10.6 Å². The van der Waals surface area contributed by atoms with Crippen LogP contribution in [-0.4, -0.2) is 27.5 Å². The third-order valence-electron chi connectivity index (χ3n) is 4.80. The summed E-state index contributed by atoms with van der Waals surface area (Å²) in [5, 5.41) is 16.5. The third-order valence-corrected chi connectivity index (χ3v) is 6.96. The van der Waals surface area contributed by atoms with Crippen LogP contribution in [0.4, 0.5) is 17.1 Å². The van der Waals surface area contributed by atoms with Crippen molar-refractivity contribution in [2.45, 2.75) is 18.2 Å². The lowest BCUT2D eigenvalue weighted by Crippen LogP contribution is -2.14. The first-order chi connectivity index (χ1) is 16.3. The average Bonchev–Trinajstić information content (AvgIpc) is 3.19. The molecule has 0 aliphatic carbocycles. The first kappa shape index (κ1) is 23.4. The number of nitro groups is 1. The zero-order chi connectivity index (χ0) is 24.2. The molecule has 0 aliphatic rings. The summed E-state index contributed by atoms with van der Waals surface area (Å²) in [6.45, 7) is 3.97. The van der Waals surface area contributed by atoms with Crippen molar-refractivity contribution >= 4 is 62.2 Å². The number of thioether (sulfide) groups is 1. The summed E-state index contributed by atoms with van der Waals surface area (Å²) in [7, 11) is 0. The predicted octanol–water partition coefficient (Wildman–Crippen LogP) is 5.80. The number of rotatable bonds is 7. The number of nitrogens with one attached hydrogen (secondary N) is 2. The lowest BCUT2D eigenvalue weighted by Gasteiger charge is -2.06. The number of hydrogen-bond acceptors (Lipinski definition) is 7. The van der Waals surface area contributed by atoms with Crippen molar-refractivity contribution in [3.05, 3.63) is 87.5 Å². The van der Waals surface area contributed by atoms with E-state index >= 15 is 0 Å². The first-order valence-electron chi connectivity index (χ1n) is 10.2. The van der Waals surface area contributed by atoms with Gasteiger partial charge in [0.05, 0.1) is 20.9 Å². The standard InChI is InChI=1S/C24H20N4O4S2/c1-14-9-15(2)11-18(10-14)25-22(29)13-33-24-27-20-8-5-17(12-21(20)34-24)26-23(30)16-3-6-19(7-4-16)28(31)32/h3-12H,13H2,1-2H3,(H,25,29)(H,26,30). The van der Waals surface area contributed by atoms with Crippen LogP contribution >= 0.6 is 23.1 Å². The van der Waals surface area contributed by atoms with Crippen molar-refractivity contribution in [3.8, 4) is 0 Å². The maximum absolute atomic E-state index is 12.5. The van der Waals surface area contributed by atoms with Crippen molar-refractivity contribution in [1.82, 2.24) is 4.98 Å². The van der Waals surface area contributed by atoms with Gasteiger partial charge in [-0.2, -0.15) is 0 Å². The van der Waals surface area contributed by atoms with E-state index in [0.29, 0.717) is 11.3 Å². The van der Waals surface area contributed by atoms with Gasteiger partial charge < -0.3 is 10.6 Å². The number of thiazole rings is 1. The minimum atomic E-state index is -0.512. The number of nitrogens with zero attached hydrogens (tertiary/aromatic N) is 2. The summed E-state index contributed by atoms with van der Waals surface area (Å²) in [4.78, 5) is 39.6. The Kier molecular flexibility index (Phi) is 6.90. The molecule has 3 aromatic carbocycles. The fraction of sp³-hybridized carbons (Fsp3) is 0.125. The summed E-state index contributed by atoms with van der Waals surface area (Å²) in [6, 6.07) is 16.7. The molecule has 0 unspecified atom stereocenters. The molecule has 2 amide bonds. The molecule has 1 heterocycles. The van der Waals surface area contributed by atoms with Gasteiger partial charge in [0.25, 0.3) is 11.6 Å². The molecule has 0 fully saturated rings. The van der Waals surface area contributed by atoms with E-state index in [9.17, 15) is 19.7 Å². The summed E-state index contributed by atoms with van der Waals surface area (Å²) < 4.78 is 1.63. The number of fused-ring (bicyclic) bond motifs is 1. The van der Waals surface area contributed by atoms with Crippen LogP contribution in [0.15, 0.2) is 65.0 Å². The quantitative estimate of drug-likeness (QED) is 0.191. The van der Waals surface area contributed by atoms with Gasteiger partial charge in [-0.3, -0.25) is 19.7 Å². The van der Waals surface area contributed by atoms with Crippen LogP contribution in [0.2, 0.25) is 0 Å². The summed E-state index contributed by atoms with van der Waals surface area (Å²) in [6.07, 6.45) is 0. The van der Waals surface area contributed by atoms with Crippen LogP contribution in [0.25, 0.3) is 10.2 Å². The SMILES string of the molecule is Cc1cc(C)cc(NC(=O)CSc2nc3ccc(NC(=O)c4ccc([N+](=O)[O-])cc4)cc3s2)c1. The fourth-order valence-electron chi connectivity index (χ4n) is 3.35. The number of hydrogen-bond donors (Lipinski definition) is 2. The Morgan fingerprint density at radius 1 is 0.971 bits per heavy atom. The monoisotopic (exact) mass is 492 g/mol. The molecule has 172 valence electrons. The van der Waals surface area contributed by atoms with Crippen LogP contribution in [0.3, 0.4) is 0 Å². The van der Waals surface area contributed by atoms with Gasteiger partial charge in [0.15, 0.2) is 4.34 Å². The molecule has 0 bridgehead atoms. The van der Waals surface area contributed by atoms with Gasteiger partial charge in [-0.05, 0) is 67.4 Å². The molecule has 0 saturated carbocycles. The van der Waals surface area contributed by atoms with Gasteiger partial charge in [0.1, 0.15) is 0 Å². The maximum Gasteiger partial charge on any atom is 0.269 e. The smallest absolute Gasteiger partial charge is 0.269 e. The fourth-order valence-corrected chi connectivity index (χ4v) is 5.26. The number of amides is 2. The number of aromatic nitrogens is 1. The highest BCUT2D eigenvalue weighted by Gasteiger charge is 2.12. The zero-order valence-electron chi connectivity index (χ0n) is 18.3. The maximum atomic E-state index is 12.5. The van der Waals surface area contributed by atoms with Gasteiger partial charge in [-0.15, -0.1) is 11.3 Å². The summed E-state index contributed by atoms with van der Waals surface area (Å²) >= 11 is 2.79. The number of carbonyl (C=O) groups is 2. The normalized spacial score (nSPS) is 10.8. The van der Waals surface area contributed by atoms with Crippen molar-refractivity contribution in [3.63, 3.8) is 0 Å². The Labute approximate surface area is 203 Å². The van der Waals surface area contributed by atoms with E-state index in [0.717, 1.165) is 31.4 Å². The summed E-state index contributed by atoms with van der Waals surface area (Å²) in [5.74, 6) is -0.238. The van der Waals surface area contributed by atoms with Crippen molar-refractivity contribution in [2.24, 2.45) is 0 Å². The van der Waals surface area contributed by atoms with Crippen LogP contribution in [-0.2, 0) is 4.79 Å². The molecule has 8 nitrogen and oxygen atoms in total. The Morgan fingerprint density at radius 3 is 2.35 bits per heavy atom. The molecule has 4 rings (SSSR count). The molecule has 0 radical (unpaired) electrons. The lowest BCUT2D eigenvalue weighted by atomic mass is 10.1. The first-order valence-corrected chi connectivity index (χ1v) is 12.0. The molecule has 1 aromatic heterocycles. The highest BCUT2D eigenvalue weighted by atomic mass is 32.2. The number of benzene rings is 3. The van der Waals surface area contributed by atoms with Crippen molar-refractivity contribution < 1.29 is 14.5 Å². The highest BCUT2D eigenvalue weighted by molar-refractivity contribution is 8.01. The van der Waals surface area contributed by atoms with Crippen LogP contribution in [0.1, 0.15) is 21.5 Å². The van der Waals surface area contributed by atoms with E-state index in [1.807, 2.05) is 38.1 Å². The average molecular weight is 493 g/mol. The molecule has 4 aromatic rings. The molecule has 0 saturated heterocycles. The lowest BCUT2D eigenvalue weighted by molar-refractivity contribution is -0.384. The van der Waals surface area contributed by atoms with Crippen LogP contribution in [0.5, 0.6) is 0 Å². The van der Waals surface area contributed by atoms with Gasteiger partial charge in [0, 0.05) is 29.1 Å². The molecular formula is C24H20N4O4S2. The Hall–Kier alpha value is -3.76. The molecule has 10 heteroatoms. The van der Waals surface area contributed by atoms with Gasteiger partial charge in [-0.25, -0.2) is 4.98 Å². The minimum absolute atomic E-state index is 0.0738. The predicted molar refractivity (Wildman–Crippen MR) is 136 cm³/mol. The second kappa shape index (κ2) is 10.0. The highest BCUT2D eigenvalue weighted by Crippen LogP contribution is 2.31. The largest absolute Gasteiger partial charge is 0.325 e. The number of nitro benzene ring substituents is 1. The minimum Gasteiger partial charge on any atom is -0.325 e. The Balaban J connectivity index is 1.38. The third kappa shape index (κ3) is 5.77. The Bertz CT molecular complexity index is 1380. The molecule has 0 spiro atoms. The van der Waals surface area contributed by atoms with Gasteiger partial charge in [0.2, 0.25) is 5.91 Å². The van der Waals surface area contributed by atoms with Crippen LogP contribution in [0, 0.1) is 24.0 Å². The van der Waals surface area contributed by atoms with Crippen molar-refractivity contribution in [1.29, 1.82) is 0 Å². The molecule has 2 N–H and O–H groups in total. The van der Waals surface area contributed by atoms with E-state index in [1.165, 1.54) is 47.4 Å². The topological polar surface area (TPSA) is 114 Å². The van der Waals surface area contributed by atoms with E-state index in [2.05, 4.69) is 15.6 Å². The number of anilines is 2. The summed E-state index contributed by atoms with van der Waals surface area (Å²) in [5.41, 5.74) is 4.56. The van der Waals surface area contributed by atoms with E-state index in [-0.39, 0.29) is 23.3 Å². The molecular weight excluding hydrogens is 472 g/mol. The van der Waals surface area contributed by atoms with Gasteiger partial charge in [-0.1, -0.05) is 17.8 Å². The second-order valence-electron chi connectivity index (χ2n) is 7.63. The number of aryl methyl sites for hydroxylation is 2. The number of non-ortho nitro benzene ring substituents is 1. The second-order valence-corrected chi connectivity index (χ2v) is 9.89. The van der Waals surface area contributed by atoms with E-state index in [1.54, 1.807) is 12.1 Å². The Morgan fingerprint density at radius 2 is 1.68 bits per heavy atom. The van der Waals surface area contributed by atoms with E-state index in [4.69, 9.17) is 0 Å². The molecule has 0 atom stereocenters. The van der Waals surface area contributed by atoms with Crippen molar-refractivity contribution in [2.75, 3.05) is 16.4 Å². The zero-order valence-corrected chi connectivity index (χ0v) is 20.0. The van der Waals surface area contributed by atoms with E-state index < -0.39 is 4.92 Å².